The van der Waals surface area contributed by atoms with Gasteiger partial charge in [0.25, 0.3) is 5.56 Å². The Balaban J connectivity index is 1.48. The number of fused-ring (bicyclic) bond motifs is 1. The maximum atomic E-state index is 11.9. The zero-order valence-electron chi connectivity index (χ0n) is 15.9. The minimum absolute atomic E-state index is 0.0352. The Hall–Kier alpha value is -2.21. The lowest BCUT2D eigenvalue weighted by molar-refractivity contribution is -0.306. The third-order valence-electron chi connectivity index (χ3n) is 5.34. The van der Waals surface area contributed by atoms with Gasteiger partial charge < -0.3 is 50.6 Å². The Morgan fingerprint density at radius 1 is 1.06 bits per heavy atom. The lowest BCUT2D eigenvalue weighted by Gasteiger charge is -2.39. The molecule has 9 atom stereocenters. The number of rotatable bonds is 5. The fourth-order valence-corrected chi connectivity index (χ4v) is 3.62. The van der Waals surface area contributed by atoms with Crippen LogP contribution in [0.25, 0.3) is 11.2 Å². The second-order valence-electron chi connectivity index (χ2n) is 7.35. The number of hydrogen-bond acceptors (Lipinski definition) is 13. The molecule has 4 rings (SSSR count). The molecular weight excluding hydrogens is 422 g/mol. The predicted molar refractivity (Wildman–Crippen MR) is 98.2 cm³/mol. The first-order chi connectivity index (χ1) is 14.7. The Bertz CT molecular complexity index is 981. The summed E-state index contributed by atoms with van der Waals surface area (Å²) in [7, 11) is 0. The molecule has 4 heterocycles. The van der Waals surface area contributed by atoms with Crippen molar-refractivity contribution in [2.45, 2.75) is 55.2 Å². The summed E-state index contributed by atoms with van der Waals surface area (Å²) < 4.78 is 17.5. The van der Waals surface area contributed by atoms with E-state index in [0.29, 0.717) is 0 Å². The van der Waals surface area contributed by atoms with Crippen molar-refractivity contribution in [3.63, 3.8) is 0 Å². The lowest BCUT2D eigenvalue weighted by Crippen LogP contribution is -2.59. The van der Waals surface area contributed by atoms with Gasteiger partial charge in [-0.15, -0.1) is 0 Å². The van der Waals surface area contributed by atoms with Crippen LogP contribution in [0.5, 0.6) is 0 Å². The second-order valence-corrected chi connectivity index (χ2v) is 7.35. The van der Waals surface area contributed by atoms with Gasteiger partial charge in [0.15, 0.2) is 23.7 Å². The van der Waals surface area contributed by atoms with Crippen LogP contribution in [0.3, 0.4) is 0 Å². The molecule has 2 aliphatic rings. The predicted octanol–water partition coefficient (Wildman–Crippen LogP) is -4.86. The van der Waals surface area contributed by atoms with Crippen molar-refractivity contribution in [2.75, 3.05) is 18.9 Å². The van der Waals surface area contributed by atoms with E-state index in [-0.39, 0.29) is 23.7 Å². The number of aromatic amines is 1. The molecule has 2 aliphatic heterocycles. The Labute approximate surface area is 173 Å². The molecule has 0 radical (unpaired) electrons. The van der Waals surface area contributed by atoms with Crippen molar-refractivity contribution in [3.05, 3.63) is 16.7 Å². The highest BCUT2D eigenvalue weighted by atomic mass is 16.7. The summed E-state index contributed by atoms with van der Waals surface area (Å²) in [6.45, 7) is -1.02. The van der Waals surface area contributed by atoms with E-state index in [1.165, 1.54) is 10.9 Å². The molecule has 0 bridgehead atoms. The Morgan fingerprint density at radius 3 is 2.48 bits per heavy atom. The van der Waals surface area contributed by atoms with E-state index in [1.807, 2.05) is 0 Å². The molecule has 2 aromatic heterocycles. The number of imidazole rings is 1. The van der Waals surface area contributed by atoms with Crippen LogP contribution in [-0.4, -0.2) is 112 Å². The lowest BCUT2D eigenvalue weighted by atomic mass is 9.99. The maximum Gasteiger partial charge on any atom is 0.280 e. The number of H-pyrrole nitrogens is 1. The SMILES string of the molecule is Nc1nc2c(ncn2[C@@H]2O[C@H](COC3O[C@H](CO)[C@@H](O)[C@H](O)[C@H]3O)[C@@H](O)[C@H]2O)c(=O)[nH]1. The quantitative estimate of drug-likeness (QED) is 0.216. The van der Waals surface area contributed by atoms with Crippen LogP contribution >= 0.6 is 0 Å². The number of aliphatic hydroxyl groups is 6. The maximum absolute atomic E-state index is 11.9. The van der Waals surface area contributed by atoms with Crippen molar-refractivity contribution >= 4 is 17.1 Å². The largest absolute Gasteiger partial charge is 0.394 e. The first-order valence-corrected chi connectivity index (χ1v) is 9.39. The minimum atomic E-state index is -1.63. The van der Waals surface area contributed by atoms with Gasteiger partial charge in [-0.25, -0.2) is 4.98 Å². The first kappa shape index (κ1) is 22.0. The number of nitrogens with one attached hydrogen (secondary N) is 1. The molecule has 2 saturated heterocycles. The van der Waals surface area contributed by atoms with Crippen molar-refractivity contribution in [2.24, 2.45) is 0 Å². The average molecular weight is 445 g/mol. The van der Waals surface area contributed by atoms with Crippen LogP contribution in [0.15, 0.2) is 11.1 Å². The highest BCUT2D eigenvalue weighted by molar-refractivity contribution is 5.70. The number of aliphatic hydroxyl groups excluding tert-OH is 6. The summed E-state index contributed by atoms with van der Waals surface area (Å²) in [4.78, 5) is 22.1. The van der Waals surface area contributed by atoms with E-state index in [4.69, 9.17) is 19.9 Å². The van der Waals surface area contributed by atoms with Gasteiger partial charge in [0, 0.05) is 0 Å². The van der Waals surface area contributed by atoms with Gasteiger partial charge in [-0.1, -0.05) is 0 Å². The monoisotopic (exact) mass is 445 g/mol. The third kappa shape index (κ3) is 3.79. The topological polar surface area (TPSA) is 239 Å². The van der Waals surface area contributed by atoms with Gasteiger partial charge in [0.1, 0.15) is 42.7 Å². The third-order valence-corrected chi connectivity index (χ3v) is 5.34. The number of nitrogens with two attached hydrogens (primary N) is 1. The van der Waals surface area contributed by atoms with Crippen LogP contribution in [-0.2, 0) is 14.2 Å². The van der Waals surface area contributed by atoms with E-state index in [1.54, 1.807) is 0 Å². The van der Waals surface area contributed by atoms with Gasteiger partial charge in [-0.3, -0.25) is 14.3 Å². The summed E-state index contributed by atoms with van der Waals surface area (Å²) >= 11 is 0. The average Bonchev–Trinajstić information content (AvgIpc) is 3.27. The van der Waals surface area contributed by atoms with E-state index in [2.05, 4.69) is 15.0 Å². The molecule has 0 spiro atoms. The smallest absolute Gasteiger partial charge is 0.280 e. The Kier molecular flexibility index (Phi) is 5.95. The molecule has 0 saturated carbocycles. The summed E-state index contributed by atoms with van der Waals surface area (Å²) in [5.74, 6) is -0.171. The molecule has 1 unspecified atom stereocenters. The van der Waals surface area contributed by atoms with Crippen molar-refractivity contribution in [1.82, 2.24) is 19.5 Å². The van der Waals surface area contributed by atoms with Crippen LogP contribution < -0.4 is 11.3 Å². The van der Waals surface area contributed by atoms with Crippen molar-refractivity contribution in [3.8, 4) is 0 Å². The molecule has 2 aromatic rings. The summed E-state index contributed by atoms with van der Waals surface area (Å²) in [6.07, 6.45) is -11.4. The normalized spacial score (nSPS) is 38.7. The molecule has 0 aliphatic carbocycles. The Morgan fingerprint density at radius 2 is 1.77 bits per heavy atom. The van der Waals surface area contributed by atoms with Gasteiger partial charge in [-0.05, 0) is 0 Å². The van der Waals surface area contributed by atoms with Crippen LogP contribution in [0.4, 0.5) is 5.95 Å². The standard InChI is InChI=1S/C16H23N5O10/c17-16-19-12-6(13(28)20-16)18-3-21(12)14-10(26)8(24)5(30-14)2-29-15-11(27)9(25)7(23)4(1-22)31-15/h3-5,7-11,14-15,22-27H,1-2H2,(H3,17,19,20,28)/t4-,5-,7-,8-,9+,10-,11-,14-,15?/m1/s1. The highest BCUT2D eigenvalue weighted by Gasteiger charge is 2.47. The number of aromatic nitrogens is 4. The first-order valence-electron chi connectivity index (χ1n) is 9.39. The summed E-state index contributed by atoms with van der Waals surface area (Å²) in [5, 5.41) is 59.7. The van der Waals surface area contributed by atoms with E-state index in [0.717, 1.165) is 0 Å². The molecule has 2 fully saturated rings. The molecule has 31 heavy (non-hydrogen) atoms. The summed E-state index contributed by atoms with van der Waals surface area (Å²) in [5.41, 5.74) is 4.96. The molecular formula is C16H23N5O10. The van der Waals surface area contributed by atoms with Crippen LogP contribution in [0, 0.1) is 0 Å². The second kappa shape index (κ2) is 8.38. The number of nitrogens with zero attached hydrogens (tertiary/aromatic N) is 3. The number of ether oxygens (including phenoxy) is 3. The molecule has 15 nitrogen and oxygen atoms in total. The highest BCUT2D eigenvalue weighted by Crippen LogP contribution is 2.32. The van der Waals surface area contributed by atoms with Gasteiger partial charge in [0.05, 0.1) is 19.5 Å². The minimum Gasteiger partial charge on any atom is -0.394 e. The van der Waals surface area contributed by atoms with E-state index in [9.17, 15) is 35.4 Å². The summed E-state index contributed by atoms with van der Waals surface area (Å²) in [6, 6.07) is 0. The fraction of sp³-hybridized carbons (Fsp3) is 0.688. The zero-order valence-corrected chi connectivity index (χ0v) is 15.9. The van der Waals surface area contributed by atoms with Gasteiger partial charge in [0.2, 0.25) is 5.95 Å². The molecule has 0 aromatic carbocycles. The molecule has 15 heteroatoms. The molecule has 172 valence electrons. The molecule has 0 amide bonds. The molecule has 9 N–H and O–H groups in total. The van der Waals surface area contributed by atoms with Gasteiger partial charge in [-0.2, -0.15) is 4.98 Å². The number of anilines is 1. The van der Waals surface area contributed by atoms with E-state index >= 15 is 0 Å². The van der Waals surface area contributed by atoms with Crippen molar-refractivity contribution < 1.29 is 44.8 Å². The van der Waals surface area contributed by atoms with Gasteiger partial charge >= 0.3 is 0 Å². The van der Waals surface area contributed by atoms with E-state index < -0.39 is 67.4 Å². The van der Waals surface area contributed by atoms with Crippen LogP contribution in [0.1, 0.15) is 6.23 Å². The number of hydrogen-bond donors (Lipinski definition) is 8. The zero-order chi connectivity index (χ0) is 22.4. The van der Waals surface area contributed by atoms with Crippen molar-refractivity contribution in [1.29, 1.82) is 0 Å². The van der Waals surface area contributed by atoms with Crippen LogP contribution in [0.2, 0.25) is 0 Å². The fourth-order valence-electron chi connectivity index (χ4n) is 3.62. The number of nitrogen functional groups attached to an aromatic ring is 1.